The van der Waals surface area contributed by atoms with Crippen LogP contribution < -0.4 is 15.4 Å². The van der Waals surface area contributed by atoms with Gasteiger partial charge in [0.2, 0.25) is 5.91 Å². The fourth-order valence-electron chi connectivity index (χ4n) is 2.45. The number of rotatable bonds is 5. The predicted molar refractivity (Wildman–Crippen MR) is 75.4 cm³/mol. The normalized spacial score (nSPS) is 18.3. The molecule has 19 heavy (non-hydrogen) atoms. The number of aryl methyl sites for hydroxylation is 1. The van der Waals surface area contributed by atoms with Gasteiger partial charge < -0.3 is 15.4 Å². The van der Waals surface area contributed by atoms with Crippen LogP contribution in [0.4, 0.5) is 0 Å². The fraction of sp³-hybridized carbons (Fsp3) is 0.533. The highest BCUT2D eigenvalue weighted by atomic mass is 16.5. The van der Waals surface area contributed by atoms with Crippen molar-refractivity contribution < 1.29 is 9.53 Å². The van der Waals surface area contributed by atoms with Gasteiger partial charge in [-0.05, 0) is 43.5 Å². The summed E-state index contributed by atoms with van der Waals surface area (Å²) in [6.07, 6.45) is 1.81. The van der Waals surface area contributed by atoms with Crippen molar-refractivity contribution in [2.24, 2.45) is 5.92 Å². The number of carbonyl (C=O) groups is 1. The van der Waals surface area contributed by atoms with E-state index < -0.39 is 0 Å². The minimum Gasteiger partial charge on any atom is -0.496 e. The van der Waals surface area contributed by atoms with Gasteiger partial charge in [-0.25, -0.2) is 0 Å². The van der Waals surface area contributed by atoms with Gasteiger partial charge in [-0.1, -0.05) is 12.1 Å². The molecule has 1 aromatic rings. The number of carbonyl (C=O) groups excluding carboxylic acids is 1. The van der Waals surface area contributed by atoms with Gasteiger partial charge >= 0.3 is 0 Å². The van der Waals surface area contributed by atoms with E-state index in [4.69, 9.17) is 4.74 Å². The van der Waals surface area contributed by atoms with Crippen LogP contribution in [0, 0.1) is 12.8 Å². The highest BCUT2D eigenvalue weighted by Crippen LogP contribution is 2.18. The Hall–Kier alpha value is -1.55. The first kappa shape index (κ1) is 13.9. The smallest absolute Gasteiger partial charge is 0.224 e. The lowest BCUT2D eigenvalue weighted by atomic mass is 10.1. The van der Waals surface area contributed by atoms with E-state index >= 15 is 0 Å². The molecule has 0 saturated carbocycles. The second kappa shape index (κ2) is 6.57. The molecule has 0 aromatic heterocycles. The Bertz CT molecular complexity index is 440. The zero-order valence-corrected chi connectivity index (χ0v) is 11.7. The summed E-state index contributed by atoms with van der Waals surface area (Å²) in [4.78, 5) is 11.8. The molecule has 1 unspecified atom stereocenters. The molecule has 1 aromatic carbocycles. The van der Waals surface area contributed by atoms with Gasteiger partial charge in [0.15, 0.2) is 0 Å². The van der Waals surface area contributed by atoms with E-state index in [0.29, 0.717) is 6.54 Å². The van der Waals surface area contributed by atoms with E-state index in [2.05, 4.69) is 22.8 Å². The maximum absolute atomic E-state index is 11.8. The van der Waals surface area contributed by atoms with Crippen molar-refractivity contribution in [2.45, 2.75) is 19.8 Å². The second-order valence-electron chi connectivity index (χ2n) is 5.03. The zero-order chi connectivity index (χ0) is 13.7. The summed E-state index contributed by atoms with van der Waals surface area (Å²) in [7, 11) is 1.68. The molecule has 0 aliphatic carbocycles. The number of hydrogen-bond acceptors (Lipinski definition) is 3. The van der Waals surface area contributed by atoms with Crippen molar-refractivity contribution in [1.82, 2.24) is 10.6 Å². The van der Waals surface area contributed by atoms with Crippen molar-refractivity contribution >= 4 is 5.91 Å². The Balaban J connectivity index is 1.79. The molecule has 4 heteroatoms. The van der Waals surface area contributed by atoms with Crippen LogP contribution in [0.15, 0.2) is 18.2 Å². The largest absolute Gasteiger partial charge is 0.496 e. The number of methoxy groups -OCH3 is 1. The standard InChI is InChI=1S/C15H22N2O2/c1-11-9-12(3-4-14(11)19-2)5-8-17-15(18)13-6-7-16-10-13/h3-4,9,13,16H,5-8,10H2,1-2H3,(H,17,18). The van der Waals surface area contributed by atoms with Gasteiger partial charge in [-0.3, -0.25) is 4.79 Å². The van der Waals surface area contributed by atoms with Crippen molar-refractivity contribution in [1.29, 1.82) is 0 Å². The molecule has 1 heterocycles. The molecule has 0 bridgehead atoms. The number of benzene rings is 1. The third-order valence-corrected chi connectivity index (χ3v) is 3.60. The molecule has 2 N–H and O–H groups in total. The van der Waals surface area contributed by atoms with Crippen molar-refractivity contribution in [3.63, 3.8) is 0 Å². The van der Waals surface area contributed by atoms with Gasteiger partial charge in [0.25, 0.3) is 0 Å². The summed E-state index contributed by atoms with van der Waals surface area (Å²) in [6.45, 7) is 4.50. The maximum atomic E-state index is 11.8. The molecule has 1 fully saturated rings. The lowest BCUT2D eigenvalue weighted by molar-refractivity contribution is -0.124. The fourth-order valence-corrected chi connectivity index (χ4v) is 2.45. The number of ether oxygens (including phenoxy) is 1. The van der Waals surface area contributed by atoms with Crippen molar-refractivity contribution in [2.75, 3.05) is 26.7 Å². The first-order valence-corrected chi connectivity index (χ1v) is 6.82. The third kappa shape index (κ3) is 3.70. The minimum absolute atomic E-state index is 0.151. The van der Waals surface area contributed by atoms with Crippen LogP contribution in [0.2, 0.25) is 0 Å². The molecule has 0 radical (unpaired) electrons. The lowest BCUT2D eigenvalue weighted by Gasteiger charge is -2.11. The molecule has 1 saturated heterocycles. The van der Waals surface area contributed by atoms with Crippen LogP contribution in [-0.2, 0) is 11.2 Å². The molecular weight excluding hydrogens is 240 g/mol. The first-order chi connectivity index (χ1) is 9.20. The predicted octanol–water partition coefficient (Wildman–Crippen LogP) is 1.27. The van der Waals surface area contributed by atoms with Crippen LogP contribution in [0.25, 0.3) is 0 Å². The summed E-state index contributed by atoms with van der Waals surface area (Å²) in [5, 5.41) is 6.22. The Morgan fingerprint density at radius 3 is 3.00 bits per heavy atom. The van der Waals surface area contributed by atoms with Gasteiger partial charge in [-0.15, -0.1) is 0 Å². The molecule has 1 atom stereocenters. The highest BCUT2D eigenvalue weighted by molar-refractivity contribution is 5.79. The van der Waals surface area contributed by atoms with Crippen LogP contribution in [-0.4, -0.2) is 32.7 Å². The monoisotopic (exact) mass is 262 g/mol. The lowest BCUT2D eigenvalue weighted by Crippen LogP contribution is -2.33. The van der Waals surface area contributed by atoms with E-state index in [1.807, 2.05) is 13.0 Å². The van der Waals surface area contributed by atoms with Gasteiger partial charge in [-0.2, -0.15) is 0 Å². The van der Waals surface area contributed by atoms with Gasteiger partial charge in [0, 0.05) is 13.1 Å². The number of hydrogen-bond donors (Lipinski definition) is 2. The van der Waals surface area contributed by atoms with Gasteiger partial charge in [0.1, 0.15) is 5.75 Å². The SMILES string of the molecule is COc1ccc(CCNC(=O)C2CCNC2)cc1C. The molecule has 2 rings (SSSR count). The van der Waals surface area contributed by atoms with Crippen molar-refractivity contribution in [3.05, 3.63) is 29.3 Å². The minimum atomic E-state index is 0.151. The van der Waals surface area contributed by atoms with E-state index in [1.54, 1.807) is 7.11 Å². The second-order valence-corrected chi connectivity index (χ2v) is 5.03. The van der Waals surface area contributed by atoms with Crippen LogP contribution in [0.1, 0.15) is 17.5 Å². The molecular formula is C15H22N2O2. The van der Waals surface area contributed by atoms with Gasteiger partial charge in [0.05, 0.1) is 13.0 Å². The maximum Gasteiger partial charge on any atom is 0.224 e. The highest BCUT2D eigenvalue weighted by Gasteiger charge is 2.21. The van der Waals surface area contributed by atoms with Crippen LogP contribution in [0.3, 0.4) is 0 Å². The molecule has 1 amide bonds. The average molecular weight is 262 g/mol. The van der Waals surface area contributed by atoms with E-state index in [-0.39, 0.29) is 11.8 Å². The summed E-state index contributed by atoms with van der Waals surface area (Å²) in [5.41, 5.74) is 2.36. The Morgan fingerprint density at radius 2 is 2.37 bits per heavy atom. The van der Waals surface area contributed by atoms with E-state index in [0.717, 1.165) is 37.2 Å². The summed E-state index contributed by atoms with van der Waals surface area (Å²) >= 11 is 0. The molecule has 104 valence electrons. The summed E-state index contributed by atoms with van der Waals surface area (Å²) < 4.78 is 5.23. The Kier molecular flexibility index (Phi) is 4.80. The first-order valence-electron chi connectivity index (χ1n) is 6.82. The van der Waals surface area contributed by atoms with Crippen LogP contribution in [0.5, 0.6) is 5.75 Å². The quantitative estimate of drug-likeness (QED) is 0.840. The third-order valence-electron chi connectivity index (χ3n) is 3.60. The molecule has 1 aliphatic rings. The molecule has 4 nitrogen and oxygen atoms in total. The Morgan fingerprint density at radius 1 is 1.53 bits per heavy atom. The van der Waals surface area contributed by atoms with E-state index in [1.165, 1.54) is 5.56 Å². The average Bonchev–Trinajstić information content (AvgIpc) is 2.93. The van der Waals surface area contributed by atoms with Crippen molar-refractivity contribution in [3.8, 4) is 5.75 Å². The molecule has 0 spiro atoms. The Labute approximate surface area is 114 Å². The number of nitrogens with one attached hydrogen (secondary N) is 2. The summed E-state index contributed by atoms with van der Waals surface area (Å²) in [5.74, 6) is 1.23. The number of amides is 1. The van der Waals surface area contributed by atoms with E-state index in [9.17, 15) is 4.79 Å². The zero-order valence-electron chi connectivity index (χ0n) is 11.7. The summed E-state index contributed by atoms with van der Waals surface area (Å²) in [6, 6.07) is 6.14. The topological polar surface area (TPSA) is 50.4 Å². The molecule has 1 aliphatic heterocycles. The van der Waals surface area contributed by atoms with Crippen LogP contribution >= 0.6 is 0 Å².